The van der Waals surface area contributed by atoms with Crippen LogP contribution in [0.5, 0.6) is 0 Å². The van der Waals surface area contributed by atoms with E-state index in [1.807, 2.05) is 30.9 Å². The van der Waals surface area contributed by atoms with Crippen LogP contribution in [0.3, 0.4) is 0 Å². The van der Waals surface area contributed by atoms with Crippen LogP contribution >= 0.6 is 0 Å². The van der Waals surface area contributed by atoms with E-state index in [0.29, 0.717) is 0 Å². The molecule has 1 rings (SSSR count). The molecular formula is C29H51NO. The van der Waals surface area contributed by atoms with Crippen LogP contribution in [0.15, 0.2) is 24.3 Å². The molecule has 0 heterocycles. The van der Waals surface area contributed by atoms with Crippen molar-refractivity contribution in [2.45, 2.75) is 130 Å². The van der Waals surface area contributed by atoms with Gasteiger partial charge in [-0.2, -0.15) is 0 Å². The summed E-state index contributed by atoms with van der Waals surface area (Å²) in [6.07, 6.45) is 23.7. The maximum Gasteiger partial charge on any atom is 0.253 e. The highest BCUT2D eigenvalue weighted by atomic mass is 16.2. The molecule has 1 aromatic rings. The molecule has 1 amide bonds. The van der Waals surface area contributed by atoms with Gasteiger partial charge in [-0.3, -0.25) is 4.79 Å². The highest BCUT2D eigenvalue weighted by Crippen LogP contribution is 2.15. The molecule has 0 radical (unpaired) electrons. The fourth-order valence-corrected chi connectivity index (χ4v) is 4.38. The van der Waals surface area contributed by atoms with E-state index in [1.54, 1.807) is 0 Å². The van der Waals surface area contributed by atoms with E-state index in [1.165, 1.54) is 108 Å². The lowest BCUT2D eigenvalue weighted by molar-refractivity contribution is 0.0773. The Bertz CT molecular complexity index is 532. The molecule has 0 bridgehead atoms. The van der Waals surface area contributed by atoms with Crippen LogP contribution in [0, 0.1) is 0 Å². The largest absolute Gasteiger partial charge is 0.339 e. The van der Waals surface area contributed by atoms with Gasteiger partial charge >= 0.3 is 0 Å². The van der Waals surface area contributed by atoms with Crippen molar-refractivity contribution in [3.63, 3.8) is 0 Å². The number of carbonyl (C=O) groups excluding carboxylic acids is 1. The summed E-state index contributed by atoms with van der Waals surface area (Å²) in [7, 11) is 0. The number of aryl methyl sites for hydroxylation is 1. The molecule has 0 atom stereocenters. The number of nitrogens with zero attached hydrogens (tertiary/aromatic N) is 1. The summed E-state index contributed by atoms with van der Waals surface area (Å²) in [5.74, 6) is 0.152. The molecule has 178 valence electrons. The summed E-state index contributed by atoms with van der Waals surface area (Å²) >= 11 is 0. The van der Waals surface area contributed by atoms with Gasteiger partial charge in [-0.1, -0.05) is 115 Å². The van der Waals surface area contributed by atoms with E-state index in [2.05, 4.69) is 19.1 Å². The Balaban J connectivity index is 1.94. The van der Waals surface area contributed by atoms with Crippen molar-refractivity contribution in [1.82, 2.24) is 4.90 Å². The van der Waals surface area contributed by atoms with Gasteiger partial charge in [0.2, 0.25) is 0 Å². The standard InChI is InChI=1S/C29H51NO/c1-4-7-8-9-10-11-12-13-14-15-16-17-18-19-20-21-22-27-23-25-28(26-24-27)29(31)30(5-2)6-3/h23-26H,4-22H2,1-3H3. The predicted molar refractivity (Wildman–Crippen MR) is 137 cm³/mol. The van der Waals surface area contributed by atoms with Crippen molar-refractivity contribution < 1.29 is 4.79 Å². The van der Waals surface area contributed by atoms with Crippen LogP contribution < -0.4 is 0 Å². The van der Waals surface area contributed by atoms with Gasteiger partial charge in [0.15, 0.2) is 0 Å². The molecule has 0 spiro atoms. The van der Waals surface area contributed by atoms with E-state index in [4.69, 9.17) is 0 Å². The Morgan fingerprint density at radius 1 is 0.581 bits per heavy atom. The first-order valence-corrected chi connectivity index (χ1v) is 13.6. The first-order valence-electron chi connectivity index (χ1n) is 13.6. The molecule has 0 saturated carbocycles. The van der Waals surface area contributed by atoms with E-state index >= 15 is 0 Å². The second-order valence-electron chi connectivity index (χ2n) is 9.23. The van der Waals surface area contributed by atoms with Crippen molar-refractivity contribution in [3.05, 3.63) is 35.4 Å². The van der Waals surface area contributed by atoms with Gasteiger partial charge in [-0.25, -0.2) is 0 Å². The lowest BCUT2D eigenvalue weighted by Crippen LogP contribution is -2.30. The van der Waals surface area contributed by atoms with Crippen LogP contribution in [-0.4, -0.2) is 23.9 Å². The van der Waals surface area contributed by atoms with Crippen LogP contribution in [0.25, 0.3) is 0 Å². The maximum atomic E-state index is 12.4. The first kappa shape index (κ1) is 27.7. The zero-order valence-electron chi connectivity index (χ0n) is 21.1. The van der Waals surface area contributed by atoms with Crippen molar-refractivity contribution in [2.75, 3.05) is 13.1 Å². The minimum atomic E-state index is 0.152. The quantitative estimate of drug-likeness (QED) is 0.189. The van der Waals surface area contributed by atoms with E-state index in [0.717, 1.165) is 25.1 Å². The van der Waals surface area contributed by atoms with E-state index < -0.39 is 0 Å². The highest BCUT2D eigenvalue weighted by molar-refractivity contribution is 5.94. The van der Waals surface area contributed by atoms with Gasteiger partial charge in [-0.05, 0) is 44.4 Å². The molecule has 0 aliphatic heterocycles. The zero-order chi connectivity index (χ0) is 22.6. The third-order valence-electron chi connectivity index (χ3n) is 6.57. The molecule has 0 unspecified atom stereocenters. The smallest absolute Gasteiger partial charge is 0.253 e. The molecule has 0 saturated heterocycles. The lowest BCUT2D eigenvalue weighted by atomic mass is 10.0. The van der Waals surface area contributed by atoms with Crippen molar-refractivity contribution in [2.24, 2.45) is 0 Å². The second kappa shape index (κ2) is 19.4. The summed E-state index contributed by atoms with van der Waals surface area (Å²) in [4.78, 5) is 14.2. The number of rotatable bonds is 20. The normalized spacial score (nSPS) is 11.1. The van der Waals surface area contributed by atoms with E-state index in [9.17, 15) is 4.79 Å². The van der Waals surface area contributed by atoms with Crippen LogP contribution in [0.1, 0.15) is 139 Å². The molecule has 0 aromatic heterocycles. The minimum absolute atomic E-state index is 0.152. The molecule has 2 nitrogen and oxygen atoms in total. The van der Waals surface area contributed by atoms with Gasteiger partial charge in [0, 0.05) is 18.7 Å². The molecule has 0 aliphatic carbocycles. The molecule has 0 N–H and O–H groups in total. The maximum absolute atomic E-state index is 12.4. The van der Waals surface area contributed by atoms with Crippen molar-refractivity contribution in [3.8, 4) is 0 Å². The average molecular weight is 430 g/mol. The Morgan fingerprint density at radius 3 is 1.35 bits per heavy atom. The SMILES string of the molecule is CCCCCCCCCCCCCCCCCCc1ccc(C(=O)N(CC)CC)cc1. The molecule has 1 aromatic carbocycles. The molecule has 2 heteroatoms. The fourth-order valence-electron chi connectivity index (χ4n) is 4.38. The Labute approximate surface area is 194 Å². The summed E-state index contributed by atoms with van der Waals surface area (Å²) in [5.41, 5.74) is 2.18. The molecular weight excluding hydrogens is 378 g/mol. The van der Waals surface area contributed by atoms with Gasteiger partial charge in [0.05, 0.1) is 0 Å². The van der Waals surface area contributed by atoms with Crippen LogP contribution in [-0.2, 0) is 6.42 Å². The Hall–Kier alpha value is -1.31. The van der Waals surface area contributed by atoms with Crippen molar-refractivity contribution >= 4 is 5.91 Å². The minimum Gasteiger partial charge on any atom is -0.339 e. The second-order valence-corrected chi connectivity index (χ2v) is 9.23. The molecule has 0 aliphatic rings. The summed E-state index contributed by atoms with van der Waals surface area (Å²) in [6, 6.07) is 8.29. The molecule has 31 heavy (non-hydrogen) atoms. The van der Waals surface area contributed by atoms with E-state index in [-0.39, 0.29) is 5.91 Å². The number of amides is 1. The number of hydrogen-bond acceptors (Lipinski definition) is 1. The number of carbonyl (C=O) groups is 1. The van der Waals surface area contributed by atoms with Gasteiger partial charge in [0.25, 0.3) is 5.91 Å². The summed E-state index contributed by atoms with van der Waals surface area (Å²) in [6.45, 7) is 7.91. The van der Waals surface area contributed by atoms with Crippen LogP contribution in [0.4, 0.5) is 0 Å². The number of hydrogen-bond donors (Lipinski definition) is 0. The van der Waals surface area contributed by atoms with Gasteiger partial charge in [-0.15, -0.1) is 0 Å². The highest BCUT2D eigenvalue weighted by Gasteiger charge is 2.11. The first-order chi connectivity index (χ1) is 15.2. The summed E-state index contributed by atoms with van der Waals surface area (Å²) in [5, 5.41) is 0. The Morgan fingerprint density at radius 2 is 0.968 bits per heavy atom. The number of benzene rings is 1. The zero-order valence-corrected chi connectivity index (χ0v) is 21.1. The van der Waals surface area contributed by atoms with Gasteiger partial charge in [0.1, 0.15) is 0 Å². The average Bonchev–Trinajstić information content (AvgIpc) is 2.80. The van der Waals surface area contributed by atoms with Crippen molar-refractivity contribution in [1.29, 1.82) is 0 Å². The predicted octanol–water partition coefficient (Wildman–Crippen LogP) is 8.97. The third-order valence-corrected chi connectivity index (χ3v) is 6.57. The molecule has 0 fully saturated rings. The third kappa shape index (κ3) is 13.7. The number of unbranched alkanes of at least 4 members (excludes halogenated alkanes) is 15. The topological polar surface area (TPSA) is 20.3 Å². The fraction of sp³-hybridized carbons (Fsp3) is 0.759. The summed E-state index contributed by atoms with van der Waals surface area (Å²) < 4.78 is 0. The van der Waals surface area contributed by atoms with Gasteiger partial charge < -0.3 is 4.90 Å². The Kier molecular flexibility index (Phi) is 17.3. The van der Waals surface area contributed by atoms with Crippen LogP contribution in [0.2, 0.25) is 0 Å². The lowest BCUT2D eigenvalue weighted by Gasteiger charge is -2.18. The monoisotopic (exact) mass is 429 g/mol.